The van der Waals surface area contributed by atoms with E-state index in [1.54, 1.807) is 6.92 Å². The maximum atomic E-state index is 10.9. The molecular formula is C6H7ClN2O2. The van der Waals surface area contributed by atoms with Gasteiger partial charge in [0, 0.05) is 0 Å². The van der Waals surface area contributed by atoms with Crippen LogP contribution in [0.1, 0.15) is 13.3 Å². The molecule has 1 heterocycles. The van der Waals surface area contributed by atoms with Crippen molar-refractivity contribution in [3.8, 4) is 0 Å². The second-order valence-corrected chi connectivity index (χ2v) is 2.58. The Morgan fingerprint density at radius 1 is 1.64 bits per heavy atom. The normalized spacial score (nSPS) is 24.5. The highest BCUT2D eigenvalue weighted by molar-refractivity contribution is 6.68. The molecule has 0 aromatic carbocycles. The first-order valence-corrected chi connectivity index (χ1v) is 3.62. The summed E-state index contributed by atoms with van der Waals surface area (Å²) in [4.78, 5) is 24.9. The molecule has 0 aromatic rings. The quantitative estimate of drug-likeness (QED) is 0.642. The van der Waals surface area contributed by atoms with Crippen LogP contribution in [-0.2, 0) is 4.79 Å². The molecule has 4 nitrogen and oxygen atoms in total. The number of nitrogens with one attached hydrogen (secondary N) is 1. The Kier molecular flexibility index (Phi) is 2.24. The smallest absolute Gasteiger partial charge is 0.276 e. The molecular weight excluding hydrogens is 168 g/mol. The fourth-order valence-corrected chi connectivity index (χ4v) is 1.19. The van der Waals surface area contributed by atoms with Gasteiger partial charge in [-0.25, -0.2) is 4.79 Å². The van der Waals surface area contributed by atoms with E-state index in [0.29, 0.717) is 6.42 Å². The third-order valence-corrected chi connectivity index (χ3v) is 1.80. The molecule has 1 unspecified atom stereocenters. The summed E-state index contributed by atoms with van der Waals surface area (Å²) in [5, 5.41) is 2.15. The van der Waals surface area contributed by atoms with Crippen LogP contribution in [0.3, 0.4) is 0 Å². The lowest BCUT2D eigenvalue weighted by Crippen LogP contribution is -2.41. The van der Waals surface area contributed by atoms with Crippen LogP contribution >= 0.6 is 11.6 Å². The molecule has 0 radical (unpaired) electrons. The van der Waals surface area contributed by atoms with E-state index in [0.717, 1.165) is 0 Å². The summed E-state index contributed by atoms with van der Waals surface area (Å²) < 4.78 is 0. The van der Waals surface area contributed by atoms with Gasteiger partial charge in [0.2, 0.25) is 5.91 Å². The first-order valence-electron chi connectivity index (χ1n) is 3.24. The molecule has 0 aliphatic carbocycles. The summed E-state index contributed by atoms with van der Waals surface area (Å²) in [6, 6.07) is -0.676. The van der Waals surface area contributed by atoms with Crippen molar-refractivity contribution in [1.29, 1.82) is 0 Å². The van der Waals surface area contributed by atoms with Crippen molar-refractivity contribution in [2.24, 2.45) is 10.9 Å². The molecule has 3 amide bonds. The van der Waals surface area contributed by atoms with E-state index >= 15 is 0 Å². The van der Waals surface area contributed by atoms with Crippen molar-refractivity contribution in [2.75, 3.05) is 0 Å². The van der Waals surface area contributed by atoms with Crippen LogP contribution in [0.15, 0.2) is 4.99 Å². The van der Waals surface area contributed by atoms with Crippen LogP contribution in [0.25, 0.3) is 0 Å². The number of rotatable bonds is 1. The molecule has 0 bridgehead atoms. The number of halogens is 1. The molecule has 0 spiro atoms. The van der Waals surface area contributed by atoms with Crippen molar-refractivity contribution in [3.63, 3.8) is 0 Å². The zero-order valence-electron chi connectivity index (χ0n) is 5.93. The number of hydrogen-bond acceptors (Lipinski definition) is 2. The predicted molar refractivity (Wildman–Crippen MR) is 40.6 cm³/mol. The van der Waals surface area contributed by atoms with Gasteiger partial charge in [-0.3, -0.25) is 10.1 Å². The van der Waals surface area contributed by atoms with Crippen molar-refractivity contribution in [2.45, 2.75) is 13.3 Å². The van der Waals surface area contributed by atoms with Gasteiger partial charge >= 0.3 is 6.03 Å². The van der Waals surface area contributed by atoms with E-state index in [-0.39, 0.29) is 11.1 Å². The van der Waals surface area contributed by atoms with Crippen LogP contribution < -0.4 is 5.32 Å². The van der Waals surface area contributed by atoms with E-state index < -0.39 is 11.9 Å². The highest BCUT2D eigenvalue weighted by atomic mass is 35.5. The number of carbonyl (C=O) groups is 2. The fourth-order valence-electron chi connectivity index (χ4n) is 0.857. The van der Waals surface area contributed by atoms with E-state index in [2.05, 4.69) is 10.3 Å². The third kappa shape index (κ3) is 1.57. The number of nitrogens with zero attached hydrogens (tertiary/aromatic N) is 1. The minimum atomic E-state index is -0.676. The van der Waals surface area contributed by atoms with Gasteiger partial charge in [-0.15, -0.1) is 0 Å². The lowest BCUT2D eigenvalue weighted by atomic mass is 10.1. The average Bonchev–Trinajstić information content (AvgIpc) is 1.85. The number of hydrogen-bond donors (Lipinski definition) is 1. The van der Waals surface area contributed by atoms with Gasteiger partial charge in [0.15, 0.2) is 0 Å². The van der Waals surface area contributed by atoms with Crippen LogP contribution in [0.2, 0.25) is 0 Å². The van der Waals surface area contributed by atoms with Crippen LogP contribution in [0, 0.1) is 5.92 Å². The largest absolute Gasteiger partial charge is 0.348 e. The average molecular weight is 175 g/mol. The van der Waals surface area contributed by atoms with Crippen molar-refractivity contribution < 1.29 is 9.59 Å². The molecule has 1 aliphatic rings. The highest BCUT2D eigenvalue weighted by Crippen LogP contribution is 2.12. The molecule has 1 aliphatic heterocycles. The van der Waals surface area contributed by atoms with Gasteiger partial charge in [0.05, 0.1) is 5.92 Å². The number of aliphatic imine (C=N–C) groups is 1. The zero-order valence-corrected chi connectivity index (χ0v) is 6.68. The molecule has 0 saturated carbocycles. The van der Waals surface area contributed by atoms with Gasteiger partial charge in [0.25, 0.3) is 0 Å². The molecule has 60 valence electrons. The molecule has 0 aromatic heterocycles. The zero-order chi connectivity index (χ0) is 8.43. The van der Waals surface area contributed by atoms with E-state index in [9.17, 15) is 9.59 Å². The van der Waals surface area contributed by atoms with Crippen LogP contribution in [0.4, 0.5) is 4.79 Å². The minimum Gasteiger partial charge on any atom is -0.276 e. The fraction of sp³-hybridized carbons (Fsp3) is 0.500. The van der Waals surface area contributed by atoms with Crippen molar-refractivity contribution in [1.82, 2.24) is 5.32 Å². The summed E-state index contributed by atoms with van der Waals surface area (Å²) in [5.41, 5.74) is 0. The highest BCUT2D eigenvalue weighted by Gasteiger charge is 2.27. The van der Waals surface area contributed by atoms with Crippen LogP contribution in [0.5, 0.6) is 0 Å². The topological polar surface area (TPSA) is 58.5 Å². The Bertz CT molecular complexity index is 237. The second-order valence-electron chi connectivity index (χ2n) is 2.19. The van der Waals surface area contributed by atoms with Crippen LogP contribution in [-0.4, -0.2) is 17.1 Å². The summed E-state index contributed by atoms with van der Waals surface area (Å²) in [6.45, 7) is 1.80. The number of amides is 3. The Hall–Kier alpha value is -0.900. The summed E-state index contributed by atoms with van der Waals surface area (Å²) >= 11 is 5.54. The van der Waals surface area contributed by atoms with E-state index in [1.807, 2.05) is 0 Å². The number of carbonyl (C=O) groups excluding carboxylic acids is 2. The monoisotopic (exact) mass is 174 g/mol. The number of urea groups is 1. The third-order valence-electron chi connectivity index (χ3n) is 1.45. The SMILES string of the molecule is CCC1C(=O)NC(=O)N=C1Cl. The molecule has 5 heteroatoms. The van der Waals surface area contributed by atoms with Gasteiger partial charge in [-0.2, -0.15) is 4.99 Å². The van der Waals surface area contributed by atoms with Gasteiger partial charge in [-0.1, -0.05) is 18.5 Å². The Morgan fingerprint density at radius 2 is 2.27 bits per heavy atom. The van der Waals surface area contributed by atoms with Crippen molar-refractivity contribution in [3.05, 3.63) is 0 Å². The minimum absolute atomic E-state index is 0.0845. The Labute approximate surface area is 68.6 Å². The lowest BCUT2D eigenvalue weighted by Gasteiger charge is -2.15. The predicted octanol–water partition coefficient (Wildman–Crippen LogP) is 0.900. The molecule has 1 atom stereocenters. The Morgan fingerprint density at radius 3 is 2.73 bits per heavy atom. The van der Waals surface area contributed by atoms with Gasteiger partial charge in [-0.05, 0) is 6.42 Å². The first kappa shape index (κ1) is 8.20. The standard InChI is InChI=1S/C6H7ClN2O2/c1-2-3-4(7)8-6(11)9-5(3)10/h3H,2H2,1H3,(H,9,10,11). The van der Waals surface area contributed by atoms with Gasteiger partial charge < -0.3 is 0 Å². The molecule has 0 fully saturated rings. The molecule has 1 N–H and O–H groups in total. The number of imide groups is 1. The summed E-state index contributed by atoms with van der Waals surface area (Å²) in [5.74, 6) is -0.813. The lowest BCUT2D eigenvalue weighted by molar-refractivity contribution is -0.122. The summed E-state index contributed by atoms with van der Waals surface area (Å²) in [7, 11) is 0. The van der Waals surface area contributed by atoms with E-state index in [1.165, 1.54) is 0 Å². The first-order chi connectivity index (χ1) is 5.15. The summed E-state index contributed by atoms with van der Waals surface area (Å²) in [6.07, 6.45) is 0.557. The Balaban J connectivity index is 2.88. The molecule has 0 saturated heterocycles. The van der Waals surface area contributed by atoms with E-state index in [4.69, 9.17) is 11.6 Å². The van der Waals surface area contributed by atoms with Crippen molar-refractivity contribution >= 4 is 28.7 Å². The molecule has 1 rings (SSSR count). The van der Waals surface area contributed by atoms with Gasteiger partial charge in [0.1, 0.15) is 5.17 Å². The maximum absolute atomic E-state index is 10.9. The second kappa shape index (κ2) is 3.00. The maximum Gasteiger partial charge on any atom is 0.348 e. The molecule has 11 heavy (non-hydrogen) atoms.